The molecule has 0 saturated carbocycles. The number of guanidine groups is 3. The van der Waals surface area contributed by atoms with Crippen LogP contribution in [0.4, 0.5) is 0 Å². The summed E-state index contributed by atoms with van der Waals surface area (Å²) in [6.07, 6.45) is 12.6. The Morgan fingerprint density at radius 1 is 0.381 bits per heavy atom. The first-order valence-electron chi connectivity index (χ1n) is 29.6. The molecular weight excluding hydrogens is 1090 g/mol. The Morgan fingerprint density at radius 3 is 0.952 bits per heavy atom. The van der Waals surface area contributed by atoms with E-state index >= 15 is 0 Å². The van der Waals surface area contributed by atoms with Gasteiger partial charge >= 0.3 is 11.9 Å². The molecule has 0 radical (unpaired) electrons. The summed E-state index contributed by atoms with van der Waals surface area (Å²) in [6, 6.07) is -10.2. The second-order valence-corrected chi connectivity index (χ2v) is 20.9. The van der Waals surface area contributed by atoms with Gasteiger partial charge in [-0.05, 0) is 90.5 Å². The lowest BCUT2D eigenvalue weighted by molar-refractivity contribution is -0.139. The minimum absolute atomic E-state index is 0.0402. The number of rotatable bonds is 51. The van der Waals surface area contributed by atoms with Gasteiger partial charge in [0.2, 0.25) is 41.4 Å². The largest absolute Gasteiger partial charge is 0.481 e. The molecule has 0 spiro atoms. The number of ketones is 1. The van der Waals surface area contributed by atoms with Crippen LogP contribution >= 0.6 is 0 Å². The smallest absolute Gasteiger partial charge is 0.303 e. The van der Waals surface area contributed by atoms with E-state index in [1.807, 2.05) is 0 Å². The van der Waals surface area contributed by atoms with Gasteiger partial charge in [-0.3, -0.25) is 64.2 Å². The molecule has 30 heteroatoms. The van der Waals surface area contributed by atoms with Gasteiger partial charge < -0.3 is 91.4 Å². The lowest BCUT2D eigenvalue weighted by atomic mass is 10.0. The van der Waals surface area contributed by atoms with Gasteiger partial charge in [0.25, 0.3) is 0 Å². The highest BCUT2D eigenvalue weighted by Crippen LogP contribution is 2.14. The third kappa shape index (κ3) is 39.2. The fourth-order valence-corrected chi connectivity index (χ4v) is 8.71. The molecule has 0 aromatic heterocycles. The summed E-state index contributed by atoms with van der Waals surface area (Å²) in [5, 5.41) is 76.9. The molecule has 7 amide bonds. The van der Waals surface area contributed by atoms with Crippen molar-refractivity contribution in [3.63, 3.8) is 0 Å². The van der Waals surface area contributed by atoms with Crippen LogP contribution in [0.3, 0.4) is 0 Å². The fourth-order valence-electron chi connectivity index (χ4n) is 8.71. The molecule has 0 aliphatic carbocycles. The van der Waals surface area contributed by atoms with Crippen molar-refractivity contribution >= 4 is 77.0 Å². The summed E-state index contributed by atoms with van der Waals surface area (Å²) >= 11 is 0. The van der Waals surface area contributed by atoms with Crippen LogP contribution in [0.1, 0.15) is 187 Å². The summed E-state index contributed by atoms with van der Waals surface area (Å²) < 4.78 is 0. The van der Waals surface area contributed by atoms with E-state index in [0.717, 1.165) is 39.0 Å². The van der Waals surface area contributed by atoms with Crippen LogP contribution in [0.2, 0.25) is 0 Å². The second kappa shape index (κ2) is 47.0. The molecule has 0 aromatic rings. The van der Waals surface area contributed by atoms with Crippen LogP contribution < -0.4 is 76.1 Å². The van der Waals surface area contributed by atoms with E-state index in [2.05, 4.69) is 60.1 Å². The molecular formula is C54H101N17O13. The summed E-state index contributed by atoms with van der Waals surface area (Å²) in [5.41, 5.74) is 22.0. The summed E-state index contributed by atoms with van der Waals surface area (Å²) in [4.78, 5) is 133. The molecule has 0 saturated heterocycles. The SMILES string of the molecule is CCCCCCCCCCCCCCCC(=O)N[C@@H](CCC(=O)O)C(=O)N[C@@H](CCCNC(=N)N)C(=O)N[C@@H](CCC(=O)O)C(=O)N[C@@H](CCCCN)C(=O)N[C@@H](CCCNC(=N)N)C(=O)N[C@@H](CCCNC(=N)N)C(=O)N[C@@H](CO)C(C)=O. The van der Waals surface area contributed by atoms with Crippen LogP contribution in [0.5, 0.6) is 0 Å². The minimum atomic E-state index is -1.68. The predicted molar refractivity (Wildman–Crippen MR) is 316 cm³/mol. The van der Waals surface area contributed by atoms with Crippen molar-refractivity contribution in [3.05, 3.63) is 0 Å². The maximum absolute atomic E-state index is 14.3. The van der Waals surface area contributed by atoms with Gasteiger partial charge in [0.1, 0.15) is 42.3 Å². The van der Waals surface area contributed by atoms with E-state index in [4.69, 9.17) is 39.2 Å². The van der Waals surface area contributed by atoms with Crippen LogP contribution in [0.15, 0.2) is 0 Å². The van der Waals surface area contributed by atoms with Crippen molar-refractivity contribution in [2.24, 2.45) is 22.9 Å². The standard InChI is InChI=1S/C54H101N17O13/c1-3-4-5-6-7-8-9-10-11-12-13-14-15-25-43(74)65-40(26-28-44(75)76)50(83)69-38(23-19-32-63-53(58)59)48(81)70-41(27-29-45(77)78)51(84)66-36(21-16-17-30-55)46(79)67-37(22-18-31-62-52(56)57)47(80)68-39(24-20-33-64-54(60)61)49(82)71-42(34-72)35(2)73/h36-42,72H,3-34,55H2,1-2H3,(H,65,74)(H,66,84)(H,67,79)(H,68,80)(H,69,83)(H,70,81)(H,71,82)(H,75,76)(H,77,78)(H4,56,57,62)(H4,58,59,63)(H4,60,61,64)/t36-,37-,38-,39-,40-,41-,42-/m0/s1. The molecule has 0 bridgehead atoms. The monoisotopic (exact) mass is 1200 g/mol. The molecule has 0 aromatic carbocycles. The lowest BCUT2D eigenvalue weighted by Gasteiger charge is -2.28. The number of carbonyl (C=O) groups excluding carboxylic acids is 8. The topological polar surface area (TPSA) is 527 Å². The van der Waals surface area contributed by atoms with Crippen molar-refractivity contribution in [1.29, 1.82) is 16.2 Å². The number of Topliss-reactive ketones (excluding diaryl/α,β-unsaturated/α-hetero) is 1. The van der Waals surface area contributed by atoms with E-state index < -0.39 is 133 Å². The summed E-state index contributed by atoms with van der Waals surface area (Å²) in [5.74, 6) is -10.5. The average molecular weight is 1200 g/mol. The van der Waals surface area contributed by atoms with E-state index in [-0.39, 0.29) is 102 Å². The summed E-state index contributed by atoms with van der Waals surface area (Å²) in [7, 11) is 0. The van der Waals surface area contributed by atoms with Crippen molar-refractivity contribution in [2.45, 2.75) is 230 Å². The zero-order valence-electron chi connectivity index (χ0n) is 49.4. The van der Waals surface area contributed by atoms with Gasteiger partial charge in [-0.25, -0.2) is 0 Å². The Morgan fingerprint density at radius 2 is 0.667 bits per heavy atom. The van der Waals surface area contributed by atoms with Crippen LogP contribution in [-0.4, -0.2) is 167 Å². The summed E-state index contributed by atoms with van der Waals surface area (Å²) in [6.45, 7) is 2.96. The number of carboxylic acid groups (broad SMARTS) is 2. The molecule has 84 heavy (non-hydrogen) atoms. The van der Waals surface area contributed by atoms with E-state index in [9.17, 15) is 63.3 Å². The molecule has 0 heterocycles. The number of hydrogen-bond acceptors (Lipinski definition) is 15. The quantitative estimate of drug-likeness (QED) is 0.0199. The van der Waals surface area contributed by atoms with Crippen molar-refractivity contribution < 1.29 is 63.3 Å². The lowest BCUT2D eigenvalue weighted by Crippen LogP contribution is -2.60. The number of unbranched alkanes of at least 4 members (excludes halogenated alkanes) is 13. The number of nitrogens with one attached hydrogen (secondary N) is 13. The Bertz CT molecular complexity index is 2070. The number of amides is 7. The maximum Gasteiger partial charge on any atom is 0.303 e. The molecule has 0 aliphatic heterocycles. The van der Waals surface area contributed by atoms with Gasteiger partial charge in [-0.1, -0.05) is 84.0 Å². The molecule has 480 valence electrons. The van der Waals surface area contributed by atoms with Crippen molar-refractivity contribution in [1.82, 2.24) is 53.2 Å². The van der Waals surface area contributed by atoms with Gasteiger partial charge in [0.05, 0.1) is 6.61 Å². The van der Waals surface area contributed by atoms with Crippen LogP contribution in [-0.2, 0) is 47.9 Å². The number of carbonyl (C=O) groups is 10. The Labute approximate surface area is 493 Å². The molecule has 24 N–H and O–H groups in total. The van der Waals surface area contributed by atoms with E-state index in [0.29, 0.717) is 12.8 Å². The zero-order valence-corrected chi connectivity index (χ0v) is 49.4. The van der Waals surface area contributed by atoms with E-state index in [1.54, 1.807) is 0 Å². The van der Waals surface area contributed by atoms with Crippen LogP contribution in [0, 0.1) is 16.2 Å². The Kier molecular flexibility index (Phi) is 42.9. The number of aliphatic hydroxyl groups is 1. The maximum atomic E-state index is 14.3. The zero-order chi connectivity index (χ0) is 63.2. The second-order valence-electron chi connectivity index (χ2n) is 20.9. The molecule has 0 fully saturated rings. The highest BCUT2D eigenvalue weighted by Gasteiger charge is 2.34. The highest BCUT2D eigenvalue weighted by molar-refractivity contribution is 5.98. The van der Waals surface area contributed by atoms with Crippen molar-refractivity contribution in [2.75, 3.05) is 32.8 Å². The first-order chi connectivity index (χ1) is 39.9. The molecule has 0 aliphatic rings. The highest BCUT2D eigenvalue weighted by atomic mass is 16.4. The fraction of sp³-hybridized carbons (Fsp3) is 0.759. The molecule has 7 atom stereocenters. The van der Waals surface area contributed by atoms with Gasteiger partial charge in [0.15, 0.2) is 23.7 Å². The van der Waals surface area contributed by atoms with E-state index in [1.165, 1.54) is 44.9 Å². The third-order valence-electron chi connectivity index (χ3n) is 13.5. The first-order valence-corrected chi connectivity index (χ1v) is 29.6. The number of aliphatic hydroxyl groups excluding tert-OH is 1. The number of nitrogens with two attached hydrogens (primary N) is 4. The van der Waals surface area contributed by atoms with Gasteiger partial charge in [-0.2, -0.15) is 0 Å². The number of hydrogen-bond donors (Lipinski definition) is 20. The number of aliphatic carboxylic acids is 2. The van der Waals surface area contributed by atoms with Crippen molar-refractivity contribution in [3.8, 4) is 0 Å². The Balaban J connectivity index is 6.68. The molecule has 30 nitrogen and oxygen atoms in total. The third-order valence-corrected chi connectivity index (χ3v) is 13.5. The van der Waals surface area contributed by atoms with Gasteiger partial charge in [-0.15, -0.1) is 0 Å². The number of carboxylic acids is 2. The minimum Gasteiger partial charge on any atom is -0.481 e. The van der Waals surface area contributed by atoms with Gasteiger partial charge in [0, 0.05) is 38.9 Å². The predicted octanol–water partition coefficient (Wildman–Crippen LogP) is -0.909. The first kappa shape index (κ1) is 76.6. The average Bonchev–Trinajstić information content (AvgIpc) is 3.45. The van der Waals surface area contributed by atoms with Crippen LogP contribution in [0.25, 0.3) is 0 Å². The molecule has 0 unspecified atom stereocenters. The normalized spacial score (nSPS) is 13.4. The molecule has 0 rings (SSSR count). The Hall–Kier alpha value is -7.37.